The summed E-state index contributed by atoms with van der Waals surface area (Å²) in [5.74, 6) is -4.24. The molecule has 10 N–H and O–H groups in total. The van der Waals surface area contributed by atoms with E-state index in [0.29, 0.717) is 151 Å². The van der Waals surface area contributed by atoms with E-state index < -0.39 is 53.2 Å². The number of nitrogens with two attached hydrogens (primary N) is 1. The van der Waals surface area contributed by atoms with Crippen LogP contribution < -0.4 is 48.3 Å². The number of ketones is 3. The zero-order valence-electron chi connectivity index (χ0n) is 70.8. The van der Waals surface area contributed by atoms with Crippen LogP contribution in [0, 0.1) is 0 Å². The summed E-state index contributed by atoms with van der Waals surface area (Å²) in [7, 11) is 0. The van der Waals surface area contributed by atoms with Crippen molar-refractivity contribution in [2.75, 3.05) is 369 Å². The Balaban J connectivity index is 3.43. The van der Waals surface area contributed by atoms with Crippen LogP contribution in [0.25, 0.3) is 0 Å². The van der Waals surface area contributed by atoms with Gasteiger partial charge in [-0.25, -0.2) is 0 Å². The lowest BCUT2D eigenvalue weighted by atomic mass is 10.2. The van der Waals surface area contributed by atoms with Crippen LogP contribution in [0.3, 0.4) is 0 Å². The van der Waals surface area contributed by atoms with Gasteiger partial charge in [0.25, 0.3) is 0 Å². The van der Waals surface area contributed by atoms with Crippen molar-refractivity contribution in [3.8, 4) is 0 Å². The van der Waals surface area contributed by atoms with Gasteiger partial charge in [-0.3, -0.25) is 57.5 Å². The van der Waals surface area contributed by atoms with Gasteiger partial charge in [-0.1, -0.05) is 6.92 Å². The van der Waals surface area contributed by atoms with Gasteiger partial charge in [-0.2, -0.15) is 0 Å². The van der Waals surface area contributed by atoms with Gasteiger partial charge in [0.1, 0.15) is 79.3 Å². The van der Waals surface area contributed by atoms with Crippen LogP contribution in [0.5, 0.6) is 0 Å². The molecule has 0 rings (SSSR count). The fraction of sp³-hybridized carbons (Fsp3) is 0.842. The van der Waals surface area contributed by atoms with Crippen LogP contribution in [0.2, 0.25) is 0 Å². The molecule has 0 saturated heterocycles. The molecule has 0 unspecified atom stereocenters. The maximum Gasteiger partial charge on any atom is 0.246 e. The van der Waals surface area contributed by atoms with Crippen LogP contribution in [0.1, 0.15) is 51.9 Å². The highest BCUT2D eigenvalue weighted by atomic mass is 16.6. The number of nitrogens with one attached hydrogen (secondary N) is 8. The minimum absolute atomic E-state index is 0.0826. The Labute approximate surface area is 709 Å². The third kappa shape index (κ3) is 93.8. The normalized spacial score (nSPS) is 11.2. The Kier molecular flexibility index (Phi) is 87.3. The lowest BCUT2D eigenvalue weighted by Gasteiger charge is -2.10. The highest BCUT2D eigenvalue weighted by Crippen LogP contribution is 1.99. The molecule has 121 heavy (non-hydrogen) atoms. The van der Waals surface area contributed by atoms with E-state index in [1.807, 2.05) is 6.92 Å². The Hall–Kier alpha value is -6.72. The summed E-state index contributed by atoms with van der Waals surface area (Å²) in [4.78, 5) is 142. The van der Waals surface area contributed by atoms with E-state index >= 15 is 0 Å². The van der Waals surface area contributed by atoms with Crippen molar-refractivity contribution < 1.29 is 171 Å². The number of amides is 9. The topological polar surface area (TPSA) is 549 Å². The molecule has 0 aliphatic rings. The third-order valence-corrected chi connectivity index (χ3v) is 14.5. The fourth-order valence-corrected chi connectivity index (χ4v) is 8.73. The number of rotatable bonds is 98. The molecule has 0 aliphatic heterocycles. The first-order chi connectivity index (χ1) is 59.1. The number of primary amides is 1. The maximum absolute atomic E-state index is 12.0. The second-order valence-corrected chi connectivity index (χ2v) is 25.2. The van der Waals surface area contributed by atoms with Crippen molar-refractivity contribution >= 4 is 70.5 Å². The summed E-state index contributed by atoms with van der Waals surface area (Å²) in [5, 5.41) is 21.0. The first-order valence-electron chi connectivity index (χ1n) is 40.9. The van der Waals surface area contributed by atoms with E-state index in [-0.39, 0.29) is 268 Å². The second-order valence-electron chi connectivity index (χ2n) is 25.2. The number of hydrogen-bond donors (Lipinski definition) is 9. The van der Waals surface area contributed by atoms with Gasteiger partial charge in [0.2, 0.25) is 53.2 Å². The lowest BCUT2D eigenvalue weighted by Crippen LogP contribution is -2.34. The maximum atomic E-state index is 12.0. The molecule has 9 amide bonds. The summed E-state index contributed by atoms with van der Waals surface area (Å²) in [6, 6.07) is 0. The predicted octanol–water partition coefficient (Wildman–Crippen LogP) is -5.74. The molecule has 704 valence electrons. The fourth-order valence-electron chi connectivity index (χ4n) is 8.73. The molecule has 0 heterocycles. The molecule has 0 aliphatic carbocycles. The summed E-state index contributed by atoms with van der Waals surface area (Å²) in [5.41, 5.74) is 4.94. The molecule has 0 bridgehead atoms. The molecule has 45 nitrogen and oxygen atoms in total. The third-order valence-electron chi connectivity index (χ3n) is 14.5. The van der Waals surface area contributed by atoms with Crippen LogP contribution in [-0.2, 0) is 171 Å². The van der Waals surface area contributed by atoms with Gasteiger partial charge in [-0.15, -0.1) is 0 Å². The molecular formula is C76H139N9O36. The van der Waals surface area contributed by atoms with Gasteiger partial charge < -0.3 is 162 Å². The van der Waals surface area contributed by atoms with Crippen LogP contribution >= 0.6 is 0 Å². The zero-order valence-corrected chi connectivity index (χ0v) is 70.8. The Morgan fingerprint density at radius 2 is 0.314 bits per heavy atom. The minimum Gasteiger partial charge on any atom is -0.379 e. The van der Waals surface area contributed by atoms with E-state index in [9.17, 15) is 57.5 Å². The quantitative estimate of drug-likeness (QED) is 0.0256. The Morgan fingerprint density at radius 3 is 0.479 bits per heavy atom. The molecule has 0 radical (unpaired) electrons. The smallest absolute Gasteiger partial charge is 0.246 e. The van der Waals surface area contributed by atoms with Gasteiger partial charge in [0.05, 0.1) is 211 Å². The highest BCUT2D eigenvalue weighted by molar-refractivity contribution is 5.83. The van der Waals surface area contributed by atoms with E-state index in [4.69, 9.17) is 119 Å². The van der Waals surface area contributed by atoms with Gasteiger partial charge >= 0.3 is 0 Å². The average molecular weight is 1750 g/mol. The van der Waals surface area contributed by atoms with E-state index in [1.54, 1.807) is 0 Å². The average Bonchev–Trinajstić information content (AvgIpc) is 1.04. The van der Waals surface area contributed by atoms with E-state index in [1.165, 1.54) is 0 Å². The largest absolute Gasteiger partial charge is 0.379 e. The van der Waals surface area contributed by atoms with Gasteiger partial charge in [0.15, 0.2) is 17.3 Å². The molecule has 0 saturated carbocycles. The van der Waals surface area contributed by atoms with Gasteiger partial charge in [0, 0.05) is 98.0 Å². The van der Waals surface area contributed by atoms with E-state index in [2.05, 4.69) is 42.5 Å². The molecule has 0 fully saturated rings. The predicted molar refractivity (Wildman–Crippen MR) is 426 cm³/mol. The van der Waals surface area contributed by atoms with Crippen molar-refractivity contribution in [3.63, 3.8) is 0 Å². The summed E-state index contributed by atoms with van der Waals surface area (Å²) in [6.07, 6.45) is 3.46. The standard InChI is InChI=1S/C76H139N9O36/c1-2-17-98-29-41-110-42-30-99-18-3-6-65(86)53-116-54-66(87)7-4-19-100-31-43-111-45-33-102-21-9-78-69(90)57-118-59-71(92)80-11-23-104-35-47-113-49-37-106-25-13-82-73(94)61-120-63-75(96)84-15-27-108-39-51-115-52-40-109-28-16-85-76(97)64-121-62-74(95)83-14-26-107-38-50-114-48-36-105-24-12-81-72(93)60-119-58-70(91)79-10-22-103-34-46-112-44-32-101-20-5-8-67(88)55-117-56-68(77)89/h2-64H2,1H3,(H2,77,89)(H,78,90)(H,79,91)(H,80,92)(H,81,93)(H,82,94)(H,83,95)(H,84,96)(H,85,97). The molecule has 0 atom stereocenters. The SMILES string of the molecule is CCCOCCOCCOCCCC(=O)COCC(=O)CCCOCCOCCOCCNC(=O)COCC(=O)NCCOCCOCCOCCNC(=O)COCC(=O)NCCOCCOCCOCCNC(=O)COCC(=O)NCCOCCOCCOCCNC(=O)COCC(=O)NCCOCCOCCOCCCC(=O)COCC(N)=O. The second kappa shape index (κ2) is 92.5. The number of carbonyl (C=O) groups is 12. The lowest BCUT2D eigenvalue weighted by molar-refractivity contribution is -0.132. The van der Waals surface area contributed by atoms with Crippen LogP contribution in [0.15, 0.2) is 0 Å². The molecule has 0 aromatic rings. The highest BCUT2D eigenvalue weighted by Gasteiger charge is 2.13. The monoisotopic (exact) mass is 1750 g/mol. The molecule has 45 heteroatoms. The number of ether oxygens (including phenoxy) is 24. The first-order valence-corrected chi connectivity index (χ1v) is 40.9. The van der Waals surface area contributed by atoms with Crippen LogP contribution in [-0.4, -0.2) is 440 Å². The van der Waals surface area contributed by atoms with Crippen LogP contribution in [0.4, 0.5) is 0 Å². The number of hydrogen-bond acceptors (Lipinski definition) is 36. The van der Waals surface area contributed by atoms with Crippen molar-refractivity contribution in [2.24, 2.45) is 5.73 Å². The van der Waals surface area contributed by atoms with Crippen molar-refractivity contribution in [3.05, 3.63) is 0 Å². The van der Waals surface area contributed by atoms with Crippen molar-refractivity contribution in [1.82, 2.24) is 42.5 Å². The molecular weight excluding hydrogens is 1610 g/mol. The summed E-state index contributed by atoms with van der Waals surface area (Å²) < 4.78 is 128. The number of carbonyl (C=O) groups excluding carboxylic acids is 12. The summed E-state index contributed by atoms with van der Waals surface area (Å²) >= 11 is 0. The van der Waals surface area contributed by atoms with Crippen molar-refractivity contribution in [1.29, 1.82) is 0 Å². The minimum atomic E-state index is -0.632. The van der Waals surface area contributed by atoms with E-state index in [0.717, 1.165) is 13.0 Å². The number of Topliss-reactive ketones (excluding diaryl/α,β-unsaturated/α-hetero) is 3. The van der Waals surface area contributed by atoms with Gasteiger partial charge in [-0.05, 0) is 25.7 Å². The summed E-state index contributed by atoms with van der Waals surface area (Å²) in [6.45, 7) is 12.7. The molecule has 0 spiro atoms. The molecule has 0 aromatic heterocycles. The Bertz CT molecular complexity index is 2540. The zero-order chi connectivity index (χ0) is 88.1. The van der Waals surface area contributed by atoms with Crippen molar-refractivity contribution in [2.45, 2.75) is 51.9 Å². The molecule has 0 aromatic carbocycles. The Morgan fingerprint density at radius 1 is 0.174 bits per heavy atom. The first kappa shape index (κ1) is 114.